The molecule has 3 N–H and O–H groups in total. The van der Waals surface area contributed by atoms with Crippen molar-refractivity contribution in [2.75, 3.05) is 11.9 Å². The molecule has 3 heterocycles. The number of carbonyl (C=O) groups is 1. The highest BCUT2D eigenvalue weighted by Crippen LogP contribution is 2.47. The molecule has 0 spiro atoms. The molecular formula is C20H23N5O. The lowest BCUT2D eigenvalue weighted by Gasteiger charge is -2.36. The van der Waals surface area contributed by atoms with Crippen molar-refractivity contribution in [3.8, 4) is 0 Å². The van der Waals surface area contributed by atoms with E-state index in [9.17, 15) is 4.79 Å². The van der Waals surface area contributed by atoms with Crippen LogP contribution in [0.2, 0.25) is 0 Å². The lowest BCUT2D eigenvalue weighted by atomic mass is 9.97. The van der Waals surface area contributed by atoms with Gasteiger partial charge in [0.1, 0.15) is 11.6 Å². The van der Waals surface area contributed by atoms with Gasteiger partial charge in [0.25, 0.3) is 0 Å². The Labute approximate surface area is 152 Å². The van der Waals surface area contributed by atoms with Gasteiger partial charge in [0.2, 0.25) is 5.91 Å². The number of carbonyl (C=O) groups excluding carboxylic acids is 1. The molecule has 134 valence electrons. The summed E-state index contributed by atoms with van der Waals surface area (Å²) in [6.07, 6.45) is 5.13. The Morgan fingerprint density at radius 1 is 1.15 bits per heavy atom. The maximum Gasteiger partial charge on any atom is 0.237 e. The Morgan fingerprint density at radius 2 is 1.96 bits per heavy atom. The molecule has 2 aromatic rings. The quantitative estimate of drug-likeness (QED) is 0.886. The van der Waals surface area contributed by atoms with Gasteiger partial charge in [-0.15, -0.1) is 0 Å². The number of hydrogen-bond acceptors (Lipinski definition) is 5. The van der Waals surface area contributed by atoms with Crippen LogP contribution in [0.15, 0.2) is 30.3 Å². The number of hydrogen-bond donors (Lipinski definition) is 2. The average molecular weight is 349 g/mol. The lowest BCUT2D eigenvalue weighted by Crippen LogP contribution is -2.45. The van der Waals surface area contributed by atoms with Gasteiger partial charge in [0.05, 0.1) is 18.3 Å². The van der Waals surface area contributed by atoms with Crippen LogP contribution in [0.4, 0.5) is 11.5 Å². The van der Waals surface area contributed by atoms with Crippen molar-refractivity contribution < 1.29 is 4.79 Å². The summed E-state index contributed by atoms with van der Waals surface area (Å²) in [6.45, 7) is 0.0603. The molecule has 3 aliphatic rings. The number of aromatic nitrogens is 2. The summed E-state index contributed by atoms with van der Waals surface area (Å²) in [4.78, 5) is 24.2. The van der Waals surface area contributed by atoms with Crippen LogP contribution in [-0.2, 0) is 11.2 Å². The molecule has 0 unspecified atom stereocenters. The van der Waals surface area contributed by atoms with Crippen molar-refractivity contribution in [3.05, 3.63) is 47.4 Å². The molecule has 2 atom stereocenters. The van der Waals surface area contributed by atoms with E-state index in [0.717, 1.165) is 47.8 Å². The summed E-state index contributed by atoms with van der Waals surface area (Å²) >= 11 is 0. The second-order valence-electron chi connectivity index (χ2n) is 7.51. The molecule has 1 saturated heterocycles. The molecule has 5 rings (SSSR count). The second-order valence-corrected chi connectivity index (χ2v) is 7.51. The van der Waals surface area contributed by atoms with Gasteiger partial charge in [0, 0.05) is 29.6 Å². The molecule has 2 aliphatic heterocycles. The summed E-state index contributed by atoms with van der Waals surface area (Å²) in [5.74, 6) is 2.35. The molecule has 1 aromatic carbocycles. The van der Waals surface area contributed by atoms with Crippen molar-refractivity contribution in [1.82, 2.24) is 14.9 Å². The van der Waals surface area contributed by atoms with E-state index in [0.29, 0.717) is 5.92 Å². The van der Waals surface area contributed by atoms with Crippen LogP contribution >= 0.6 is 0 Å². The predicted molar refractivity (Wildman–Crippen MR) is 99.1 cm³/mol. The Balaban J connectivity index is 1.60. The SMILES string of the molecule is NCC(=O)N1[C@H]2CC[C@@H]1c1c(nc(C3CC3)nc1Nc1ccccc1)C2. The molecule has 1 saturated carbocycles. The molecular weight excluding hydrogens is 326 g/mol. The smallest absolute Gasteiger partial charge is 0.237 e. The number of rotatable bonds is 4. The number of para-hydroxylation sites is 1. The third-order valence-corrected chi connectivity index (χ3v) is 5.75. The topological polar surface area (TPSA) is 84.1 Å². The molecule has 0 radical (unpaired) electrons. The molecule has 1 amide bonds. The number of amides is 1. The van der Waals surface area contributed by atoms with Gasteiger partial charge in [-0.3, -0.25) is 4.79 Å². The summed E-state index contributed by atoms with van der Waals surface area (Å²) in [5, 5.41) is 3.50. The molecule has 26 heavy (non-hydrogen) atoms. The Morgan fingerprint density at radius 3 is 2.69 bits per heavy atom. The lowest BCUT2D eigenvalue weighted by molar-refractivity contribution is -0.133. The minimum absolute atomic E-state index is 0.0279. The fraction of sp³-hybridized carbons (Fsp3) is 0.450. The zero-order chi connectivity index (χ0) is 17.7. The van der Waals surface area contributed by atoms with Crippen LogP contribution in [-0.4, -0.2) is 33.4 Å². The van der Waals surface area contributed by atoms with E-state index < -0.39 is 0 Å². The van der Waals surface area contributed by atoms with E-state index in [2.05, 4.69) is 5.32 Å². The molecule has 1 aromatic heterocycles. The summed E-state index contributed by atoms with van der Waals surface area (Å²) in [6, 6.07) is 10.4. The molecule has 2 fully saturated rings. The van der Waals surface area contributed by atoms with Gasteiger partial charge < -0.3 is 16.0 Å². The van der Waals surface area contributed by atoms with E-state index in [1.165, 1.54) is 12.8 Å². The van der Waals surface area contributed by atoms with E-state index in [1.807, 2.05) is 35.2 Å². The first-order valence-corrected chi connectivity index (χ1v) is 9.48. The molecule has 2 bridgehead atoms. The fourth-order valence-corrected chi connectivity index (χ4v) is 4.39. The largest absolute Gasteiger partial charge is 0.340 e. The minimum atomic E-state index is 0.0279. The summed E-state index contributed by atoms with van der Waals surface area (Å²) in [7, 11) is 0. The highest BCUT2D eigenvalue weighted by Gasteiger charge is 2.45. The van der Waals surface area contributed by atoms with Crippen molar-refractivity contribution in [2.45, 2.75) is 50.1 Å². The predicted octanol–water partition coefficient (Wildman–Crippen LogP) is 2.64. The molecule has 6 heteroatoms. The maximum atomic E-state index is 12.4. The maximum absolute atomic E-state index is 12.4. The van der Waals surface area contributed by atoms with Gasteiger partial charge in [-0.05, 0) is 37.8 Å². The second kappa shape index (κ2) is 6.06. The zero-order valence-electron chi connectivity index (χ0n) is 14.7. The van der Waals surface area contributed by atoms with Crippen LogP contribution in [0.5, 0.6) is 0 Å². The van der Waals surface area contributed by atoms with Gasteiger partial charge in [-0.2, -0.15) is 0 Å². The highest BCUT2D eigenvalue weighted by molar-refractivity contribution is 5.80. The van der Waals surface area contributed by atoms with Crippen LogP contribution in [0.3, 0.4) is 0 Å². The van der Waals surface area contributed by atoms with Crippen molar-refractivity contribution in [1.29, 1.82) is 0 Å². The van der Waals surface area contributed by atoms with Crippen LogP contribution < -0.4 is 11.1 Å². The van der Waals surface area contributed by atoms with Gasteiger partial charge in [-0.1, -0.05) is 18.2 Å². The zero-order valence-corrected chi connectivity index (χ0v) is 14.7. The van der Waals surface area contributed by atoms with Crippen molar-refractivity contribution >= 4 is 17.4 Å². The molecule has 6 nitrogen and oxygen atoms in total. The monoisotopic (exact) mass is 349 g/mol. The number of fused-ring (bicyclic) bond motifs is 4. The molecule has 1 aliphatic carbocycles. The van der Waals surface area contributed by atoms with E-state index >= 15 is 0 Å². The van der Waals surface area contributed by atoms with Gasteiger partial charge >= 0.3 is 0 Å². The van der Waals surface area contributed by atoms with Crippen LogP contribution in [0.1, 0.15) is 54.7 Å². The standard InChI is InChI=1S/C20H23N5O/c21-11-17(26)25-14-8-9-16(25)18-15(10-14)23-19(12-6-7-12)24-20(18)22-13-4-2-1-3-5-13/h1-5,12,14,16H,6-11,21H2,(H,22,23,24)/t14-,16+/m0/s1. The van der Waals surface area contributed by atoms with Gasteiger partial charge in [0.15, 0.2) is 0 Å². The average Bonchev–Trinajstić information content (AvgIpc) is 3.46. The first-order valence-electron chi connectivity index (χ1n) is 9.48. The van der Waals surface area contributed by atoms with Crippen LogP contribution in [0, 0.1) is 0 Å². The Bertz CT molecular complexity index is 849. The third kappa shape index (κ3) is 2.56. The van der Waals surface area contributed by atoms with E-state index in [1.54, 1.807) is 0 Å². The first kappa shape index (κ1) is 15.8. The van der Waals surface area contributed by atoms with Crippen molar-refractivity contribution in [2.24, 2.45) is 5.73 Å². The number of nitrogens with two attached hydrogens (primary N) is 1. The van der Waals surface area contributed by atoms with E-state index in [4.69, 9.17) is 15.7 Å². The summed E-state index contributed by atoms with van der Waals surface area (Å²) in [5.41, 5.74) is 8.89. The van der Waals surface area contributed by atoms with E-state index in [-0.39, 0.29) is 24.5 Å². The fourth-order valence-electron chi connectivity index (χ4n) is 4.39. The first-order chi connectivity index (χ1) is 12.7. The van der Waals surface area contributed by atoms with Gasteiger partial charge in [-0.25, -0.2) is 9.97 Å². The normalized spacial score (nSPS) is 23.7. The van der Waals surface area contributed by atoms with Crippen LogP contribution in [0.25, 0.3) is 0 Å². The minimum Gasteiger partial charge on any atom is -0.340 e. The van der Waals surface area contributed by atoms with Crippen molar-refractivity contribution in [3.63, 3.8) is 0 Å². The number of nitrogens with zero attached hydrogens (tertiary/aromatic N) is 3. The number of nitrogens with one attached hydrogen (secondary N) is 1. The summed E-state index contributed by atoms with van der Waals surface area (Å²) < 4.78 is 0. The highest BCUT2D eigenvalue weighted by atomic mass is 16.2. The Hall–Kier alpha value is -2.47. The number of anilines is 2. The Kier molecular flexibility index (Phi) is 3.67. The third-order valence-electron chi connectivity index (χ3n) is 5.75. The number of benzene rings is 1.